The first-order valence-corrected chi connectivity index (χ1v) is 9.93. The number of nitrogens with one attached hydrogen (secondary N) is 1. The van der Waals surface area contributed by atoms with Crippen molar-refractivity contribution in [3.63, 3.8) is 0 Å². The van der Waals surface area contributed by atoms with Crippen LogP contribution in [0.25, 0.3) is 10.9 Å². The molecule has 0 unspecified atom stereocenters. The van der Waals surface area contributed by atoms with Gasteiger partial charge in [0.15, 0.2) is 0 Å². The number of carbonyl (C=O) groups is 2. The van der Waals surface area contributed by atoms with E-state index in [1.807, 2.05) is 0 Å². The van der Waals surface area contributed by atoms with E-state index in [2.05, 4.69) is 41.1 Å². The lowest BCUT2D eigenvalue weighted by Gasteiger charge is -2.36. The molecule has 1 aliphatic heterocycles. The van der Waals surface area contributed by atoms with Gasteiger partial charge in [-0.15, -0.1) is 0 Å². The van der Waals surface area contributed by atoms with Crippen LogP contribution < -0.4 is 4.90 Å². The second-order valence-corrected chi connectivity index (χ2v) is 7.79. The summed E-state index contributed by atoms with van der Waals surface area (Å²) in [4.78, 5) is 31.5. The summed E-state index contributed by atoms with van der Waals surface area (Å²) in [6, 6.07) is 13.5. The van der Waals surface area contributed by atoms with Gasteiger partial charge in [0.25, 0.3) is 0 Å². The number of halogens is 1. The molecule has 2 N–H and O–H groups in total. The quantitative estimate of drug-likeness (QED) is 0.686. The van der Waals surface area contributed by atoms with E-state index in [0.29, 0.717) is 34.6 Å². The van der Waals surface area contributed by atoms with Gasteiger partial charge < -0.3 is 19.9 Å². The molecule has 0 radical (unpaired) electrons. The van der Waals surface area contributed by atoms with Crippen LogP contribution in [0.2, 0.25) is 5.02 Å². The van der Waals surface area contributed by atoms with Gasteiger partial charge in [0.05, 0.1) is 6.42 Å². The number of nitrogens with zero attached hydrogens (tertiary/aromatic N) is 2. The van der Waals surface area contributed by atoms with Crippen molar-refractivity contribution < 1.29 is 14.7 Å². The summed E-state index contributed by atoms with van der Waals surface area (Å²) in [7, 11) is 0. The van der Waals surface area contributed by atoms with Crippen molar-refractivity contribution in [1.29, 1.82) is 0 Å². The molecule has 29 heavy (non-hydrogen) atoms. The number of hydrogen-bond donors (Lipinski definition) is 2. The molecule has 3 aromatic rings. The molecule has 0 saturated carbocycles. The van der Waals surface area contributed by atoms with Crippen molar-refractivity contribution in [2.24, 2.45) is 0 Å². The zero-order valence-electron chi connectivity index (χ0n) is 16.1. The minimum Gasteiger partial charge on any atom is -0.477 e. The van der Waals surface area contributed by atoms with Gasteiger partial charge in [-0.2, -0.15) is 0 Å². The van der Waals surface area contributed by atoms with Crippen LogP contribution in [-0.4, -0.2) is 53.0 Å². The third-order valence-corrected chi connectivity index (χ3v) is 5.68. The SMILES string of the molecule is Cc1ccc(N2CCN(C(=O)Cc3c(C(=O)O)[nH]c4ccc(Cl)cc34)CC2)cc1. The van der Waals surface area contributed by atoms with Gasteiger partial charge in [-0.25, -0.2) is 4.79 Å². The number of carbonyl (C=O) groups excluding carboxylic acids is 1. The van der Waals surface area contributed by atoms with E-state index in [9.17, 15) is 14.7 Å². The normalized spacial score (nSPS) is 14.4. The summed E-state index contributed by atoms with van der Waals surface area (Å²) >= 11 is 6.09. The van der Waals surface area contributed by atoms with E-state index in [0.717, 1.165) is 18.8 Å². The highest BCUT2D eigenvalue weighted by atomic mass is 35.5. The monoisotopic (exact) mass is 411 g/mol. The number of carboxylic acids is 1. The summed E-state index contributed by atoms with van der Waals surface area (Å²) in [6.45, 7) is 4.78. The number of piperazine rings is 1. The van der Waals surface area contributed by atoms with Crippen molar-refractivity contribution in [3.05, 3.63) is 64.3 Å². The van der Waals surface area contributed by atoms with Gasteiger partial charge in [0.1, 0.15) is 5.69 Å². The Morgan fingerprint density at radius 1 is 1.07 bits per heavy atom. The number of benzene rings is 2. The fraction of sp³-hybridized carbons (Fsp3) is 0.273. The Labute approximate surface area is 173 Å². The van der Waals surface area contributed by atoms with E-state index in [-0.39, 0.29) is 18.0 Å². The summed E-state index contributed by atoms with van der Waals surface area (Å²) in [5.41, 5.74) is 3.58. The van der Waals surface area contributed by atoms with E-state index in [1.165, 1.54) is 5.56 Å². The number of aromatic amines is 1. The number of hydrogen-bond acceptors (Lipinski definition) is 3. The van der Waals surface area contributed by atoms with E-state index >= 15 is 0 Å². The molecule has 2 heterocycles. The number of anilines is 1. The summed E-state index contributed by atoms with van der Waals surface area (Å²) in [5.74, 6) is -1.15. The number of rotatable bonds is 4. The molecule has 0 aliphatic carbocycles. The second-order valence-electron chi connectivity index (χ2n) is 7.35. The molecule has 150 valence electrons. The molecule has 4 rings (SSSR count). The maximum absolute atomic E-state index is 12.9. The summed E-state index contributed by atoms with van der Waals surface area (Å²) in [6.07, 6.45) is 0.0342. The fourth-order valence-corrected chi connectivity index (χ4v) is 3.99. The zero-order valence-corrected chi connectivity index (χ0v) is 16.9. The zero-order chi connectivity index (χ0) is 20.5. The molecule has 1 fully saturated rings. The largest absolute Gasteiger partial charge is 0.477 e. The predicted octanol–water partition coefficient (Wildman–Crippen LogP) is 3.72. The van der Waals surface area contributed by atoms with Crippen molar-refractivity contribution in [1.82, 2.24) is 9.88 Å². The highest BCUT2D eigenvalue weighted by Gasteiger charge is 2.25. The Morgan fingerprint density at radius 2 is 1.76 bits per heavy atom. The first-order chi connectivity index (χ1) is 13.9. The number of H-pyrrole nitrogens is 1. The smallest absolute Gasteiger partial charge is 0.352 e. The van der Waals surface area contributed by atoms with Crippen LogP contribution in [0, 0.1) is 6.92 Å². The van der Waals surface area contributed by atoms with Crippen molar-refractivity contribution in [2.45, 2.75) is 13.3 Å². The van der Waals surface area contributed by atoms with Gasteiger partial charge in [0, 0.05) is 53.4 Å². The molecule has 0 atom stereocenters. The number of aromatic carboxylic acids is 1. The molecule has 1 saturated heterocycles. The molecule has 0 bridgehead atoms. The van der Waals surface area contributed by atoms with Crippen LogP contribution in [0.15, 0.2) is 42.5 Å². The number of aryl methyl sites for hydroxylation is 1. The molecule has 0 spiro atoms. The Kier molecular flexibility index (Phi) is 5.20. The lowest BCUT2D eigenvalue weighted by Crippen LogP contribution is -2.49. The molecular formula is C22H22ClN3O3. The maximum Gasteiger partial charge on any atom is 0.352 e. The predicted molar refractivity (Wildman–Crippen MR) is 114 cm³/mol. The average Bonchev–Trinajstić information content (AvgIpc) is 3.06. The fourth-order valence-electron chi connectivity index (χ4n) is 3.82. The third kappa shape index (κ3) is 3.93. The summed E-state index contributed by atoms with van der Waals surface area (Å²) in [5, 5.41) is 10.7. The minimum atomic E-state index is -1.08. The Hall–Kier alpha value is -2.99. The number of carboxylic acid groups (broad SMARTS) is 1. The highest BCUT2D eigenvalue weighted by Crippen LogP contribution is 2.27. The maximum atomic E-state index is 12.9. The van der Waals surface area contributed by atoms with Crippen molar-refractivity contribution >= 4 is 40.1 Å². The number of aromatic nitrogens is 1. The molecule has 1 aliphatic rings. The van der Waals surface area contributed by atoms with Gasteiger partial charge in [-0.05, 0) is 37.3 Å². The Balaban J connectivity index is 1.49. The Morgan fingerprint density at radius 3 is 2.41 bits per heavy atom. The minimum absolute atomic E-state index is 0.0342. The third-order valence-electron chi connectivity index (χ3n) is 5.44. The molecule has 6 nitrogen and oxygen atoms in total. The van der Waals surface area contributed by atoms with E-state index in [1.54, 1.807) is 23.1 Å². The van der Waals surface area contributed by atoms with Gasteiger partial charge in [-0.3, -0.25) is 4.79 Å². The summed E-state index contributed by atoms with van der Waals surface area (Å²) < 4.78 is 0. The average molecular weight is 412 g/mol. The highest BCUT2D eigenvalue weighted by molar-refractivity contribution is 6.31. The van der Waals surface area contributed by atoms with E-state index in [4.69, 9.17) is 11.6 Å². The van der Waals surface area contributed by atoms with E-state index < -0.39 is 5.97 Å². The molecule has 2 aromatic carbocycles. The van der Waals surface area contributed by atoms with Crippen molar-refractivity contribution in [2.75, 3.05) is 31.1 Å². The van der Waals surface area contributed by atoms with Gasteiger partial charge >= 0.3 is 5.97 Å². The second kappa shape index (κ2) is 7.79. The standard InChI is InChI=1S/C22H22ClN3O3/c1-14-2-5-16(6-3-14)25-8-10-26(11-9-25)20(27)13-18-17-12-15(23)4-7-19(17)24-21(18)22(28)29/h2-7,12,24H,8-11,13H2,1H3,(H,28,29). The number of amides is 1. The topological polar surface area (TPSA) is 76.6 Å². The first kappa shape index (κ1) is 19.3. The van der Waals surface area contributed by atoms with Crippen LogP contribution in [0.3, 0.4) is 0 Å². The Bertz CT molecular complexity index is 1070. The van der Waals surface area contributed by atoms with Crippen LogP contribution in [0.1, 0.15) is 21.6 Å². The van der Waals surface area contributed by atoms with Crippen LogP contribution >= 0.6 is 11.6 Å². The lowest BCUT2D eigenvalue weighted by molar-refractivity contribution is -0.130. The van der Waals surface area contributed by atoms with Crippen LogP contribution in [0.4, 0.5) is 5.69 Å². The molecule has 1 aromatic heterocycles. The van der Waals surface area contributed by atoms with Gasteiger partial charge in [-0.1, -0.05) is 29.3 Å². The molecular weight excluding hydrogens is 390 g/mol. The first-order valence-electron chi connectivity index (χ1n) is 9.55. The lowest BCUT2D eigenvalue weighted by atomic mass is 10.1. The molecule has 1 amide bonds. The van der Waals surface area contributed by atoms with Gasteiger partial charge in [0.2, 0.25) is 5.91 Å². The van der Waals surface area contributed by atoms with Crippen LogP contribution in [-0.2, 0) is 11.2 Å². The molecule has 7 heteroatoms. The number of fused-ring (bicyclic) bond motifs is 1. The van der Waals surface area contributed by atoms with Crippen LogP contribution in [0.5, 0.6) is 0 Å². The van der Waals surface area contributed by atoms with Crippen molar-refractivity contribution in [3.8, 4) is 0 Å².